The van der Waals surface area contributed by atoms with Crippen molar-refractivity contribution >= 4 is 5.97 Å². The number of aromatic nitrogens is 2. The van der Waals surface area contributed by atoms with E-state index in [0.29, 0.717) is 17.1 Å². The molecule has 2 N–H and O–H groups in total. The molecular weight excluding hydrogens is 172 g/mol. The van der Waals surface area contributed by atoms with E-state index in [0.717, 1.165) is 0 Å². The average molecular weight is 182 g/mol. The van der Waals surface area contributed by atoms with Gasteiger partial charge in [0.05, 0.1) is 23.7 Å². The molecule has 0 atom stereocenters. The highest BCUT2D eigenvalue weighted by molar-refractivity contribution is 5.86. The number of rotatable bonds is 2. The van der Waals surface area contributed by atoms with E-state index < -0.39 is 5.97 Å². The Hall–Kier alpha value is -1.49. The van der Waals surface area contributed by atoms with Crippen LogP contribution in [0.25, 0.3) is 0 Å². The lowest BCUT2D eigenvalue weighted by atomic mass is 10.2. The van der Waals surface area contributed by atoms with E-state index in [-0.39, 0.29) is 12.3 Å². The number of carboxylic acids is 1. The highest BCUT2D eigenvalue weighted by Crippen LogP contribution is 2.07. The zero-order valence-electron chi connectivity index (χ0n) is 7.40. The minimum Gasteiger partial charge on any atom is -0.476 e. The third-order valence-electron chi connectivity index (χ3n) is 1.69. The van der Waals surface area contributed by atoms with E-state index in [1.54, 1.807) is 13.8 Å². The number of aromatic carboxylic acids is 1. The predicted octanol–water partition coefficient (Wildman–Crippen LogP) is 0.284. The van der Waals surface area contributed by atoms with Gasteiger partial charge in [0.25, 0.3) is 0 Å². The van der Waals surface area contributed by atoms with Gasteiger partial charge >= 0.3 is 5.97 Å². The number of nitrogens with zero attached hydrogens (tertiary/aromatic N) is 2. The number of aliphatic hydroxyl groups is 1. The molecule has 5 nitrogen and oxygen atoms in total. The molecule has 0 bridgehead atoms. The summed E-state index contributed by atoms with van der Waals surface area (Å²) in [4.78, 5) is 18.3. The highest BCUT2D eigenvalue weighted by atomic mass is 16.4. The molecular formula is C8H10N2O3. The van der Waals surface area contributed by atoms with Gasteiger partial charge in [-0.3, -0.25) is 4.98 Å². The fourth-order valence-electron chi connectivity index (χ4n) is 1.00. The predicted molar refractivity (Wildman–Crippen MR) is 44.4 cm³/mol. The van der Waals surface area contributed by atoms with Gasteiger partial charge in [-0.05, 0) is 13.8 Å². The molecule has 1 rings (SSSR count). The first-order chi connectivity index (χ1) is 6.06. The van der Waals surface area contributed by atoms with Crippen LogP contribution >= 0.6 is 0 Å². The van der Waals surface area contributed by atoms with Crippen molar-refractivity contribution in [2.75, 3.05) is 0 Å². The second kappa shape index (κ2) is 3.49. The van der Waals surface area contributed by atoms with E-state index in [1.807, 2.05) is 0 Å². The van der Waals surface area contributed by atoms with E-state index in [9.17, 15) is 4.79 Å². The molecule has 0 spiro atoms. The normalized spacial score (nSPS) is 10.1. The summed E-state index contributed by atoms with van der Waals surface area (Å²) in [5.74, 6) is -1.10. The second-order valence-corrected chi connectivity index (χ2v) is 2.65. The molecule has 0 unspecified atom stereocenters. The molecule has 0 radical (unpaired) electrons. The van der Waals surface area contributed by atoms with Crippen LogP contribution in [-0.2, 0) is 6.61 Å². The molecule has 0 fully saturated rings. The summed E-state index contributed by atoms with van der Waals surface area (Å²) in [5, 5.41) is 17.5. The van der Waals surface area contributed by atoms with Crippen LogP contribution in [0.1, 0.15) is 27.6 Å². The highest BCUT2D eigenvalue weighted by Gasteiger charge is 2.12. The quantitative estimate of drug-likeness (QED) is 0.686. The summed E-state index contributed by atoms with van der Waals surface area (Å²) in [6, 6.07) is 0. The van der Waals surface area contributed by atoms with Gasteiger partial charge in [-0.1, -0.05) is 0 Å². The first-order valence-corrected chi connectivity index (χ1v) is 3.74. The topological polar surface area (TPSA) is 83.3 Å². The summed E-state index contributed by atoms with van der Waals surface area (Å²) in [6.45, 7) is 2.94. The lowest BCUT2D eigenvalue weighted by molar-refractivity contribution is 0.0688. The van der Waals surface area contributed by atoms with Crippen molar-refractivity contribution < 1.29 is 15.0 Å². The van der Waals surface area contributed by atoms with Gasteiger partial charge in [-0.15, -0.1) is 0 Å². The molecule has 0 saturated carbocycles. The third kappa shape index (κ3) is 1.81. The van der Waals surface area contributed by atoms with Crippen LogP contribution in [0.2, 0.25) is 0 Å². The van der Waals surface area contributed by atoms with E-state index in [1.165, 1.54) is 0 Å². The van der Waals surface area contributed by atoms with Crippen molar-refractivity contribution in [2.45, 2.75) is 20.5 Å². The van der Waals surface area contributed by atoms with Crippen LogP contribution in [0.15, 0.2) is 0 Å². The van der Waals surface area contributed by atoms with Crippen molar-refractivity contribution in [1.29, 1.82) is 0 Å². The molecule has 0 saturated heterocycles. The first kappa shape index (κ1) is 9.60. The van der Waals surface area contributed by atoms with Crippen molar-refractivity contribution in [1.82, 2.24) is 9.97 Å². The lowest BCUT2D eigenvalue weighted by Gasteiger charge is -2.04. The Morgan fingerprint density at radius 1 is 1.31 bits per heavy atom. The van der Waals surface area contributed by atoms with E-state index in [2.05, 4.69) is 9.97 Å². The molecule has 0 aliphatic rings. The minimum absolute atomic E-state index is 0.0605. The maximum atomic E-state index is 10.6. The maximum absolute atomic E-state index is 10.6. The van der Waals surface area contributed by atoms with Crippen molar-refractivity contribution in [3.8, 4) is 0 Å². The lowest BCUT2D eigenvalue weighted by Crippen LogP contribution is -2.10. The average Bonchev–Trinajstić information content (AvgIpc) is 2.07. The Morgan fingerprint density at radius 3 is 2.38 bits per heavy atom. The van der Waals surface area contributed by atoms with Crippen molar-refractivity contribution in [3.63, 3.8) is 0 Å². The number of aryl methyl sites for hydroxylation is 2. The standard InChI is InChI=1S/C8H10N2O3/c1-4-6(3-11)9-5(2)7(10-4)8(12)13/h11H,3H2,1-2H3,(H,12,13). The zero-order chi connectivity index (χ0) is 10.0. The molecule has 1 aromatic rings. The Balaban J connectivity index is 3.28. The number of carboxylic acid groups (broad SMARTS) is 1. The fraction of sp³-hybridized carbons (Fsp3) is 0.375. The van der Waals surface area contributed by atoms with Gasteiger partial charge in [-0.25, -0.2) is 9.78 Å². The summed E-state index contributed by atoms with van der Waals surface area (Å²) < 4.78 is 0. The third-order valence-corrected chi connectivity index (χ3v) is 1.69. The second-order valence-electron chi connectivity index (χ2n) is 2.65. The monoisotopic (exact) mass is 182 g/mol. The number of hydrogen-bond donors (Lipinski definition) is 2. The molecule has 13 heavy (non-hydrogen) atoms. The molecule has 0 aliphatic heterocycles. The smallest absolute Gasteiger partial charge is 0.356 e. The molecule has 5 heteroatoms. The zero-order valence-corrected chi connectivity index (χ0v) is 7.40. The van der Waals surface area contributed by atoms with Crippen LogP contribution in [0.5, 0.6) is 0 Å². The largest absolute Gasteiger partial charge is 0.476 e. The van der Waals surface area contributed by atoms with Crippen LogP contribution in [0, 0.1) is 13.8 Å². The van der Waals surface area contributed by atoms with Crippen molar-refractivity contribution in [2.24, 2.45) is 0 Å². The Bertz CT molecular complexity index is 349. The van der Waals surface area contributed by atoms with E-state index in [4.69, 9.17) is 10.2 Å². The molecule has 1 aromatic heterocycles. The van der Waals surface area contributed by atoms with Gasteiger partial charge in [0.1, 0.15) is 0 Å². The summed E-state index contributed by atoms with van der Waals surface area (Å²) in [7, 11) is 0. The van der Waals surface area contributed by atoms with E-state index >= 15 is 0 Å². The number of hydrogen-bond acceptors (Lipinski definition) is 4. The van der Waals surface area contributed by atoms with Crippen LogP contribution in [0.3, 0.4) is 0 Å². The van der Waals surface area contributed by atoms with Crippen LogP contribution in [0.4, 0.5) is 0 Å². The van der Waals surface area contributed by atoms with Gasteiger partial charge < -0.3 is 10.2 Å². The molecule has 0 aliphatic carbocycles. The van der Waals surface area contributed by atoms with Gasteiger partial charge in [0.2, 0.25) is 0 Å². The summed E-state index contributed by atoms with van der Waals surface area (Å²) >= 11 is 0. The molecule has 0 aromatic carbocycles. The Kier molecular flexibility index (Phi) is 2.57. The number of aliphatic hydroxyl groups excluding tert-OH is 1. The van der Waals surface area contributed by atoms with Gasteiger partial charge in [-0.2, -0.15) is 0 Å². The Morgan fingerprint density at radius 2 is 1.92 bits per heavy atom. The fourth-order valence-corrected chi connectivity index (χ4v) is 1.00. The van der Waals surface area contributed by atoms with Gasteiger partial charge in [0, 0.05) is 0 Å². The number of carbonyl (C=O) groups is 1. The Labute approximate surface area is 75.1 Å². The summed E-state index contributed by atoms with van der Waals surface area (Å²) in [6.07, 6.45) is 0. The maximum Gasteiger partial charge on any atom is 0.356 e. The molecule has 70 valence electrons. The van der Waals surface area contributed by atoms with Crippen LogP contribution in [-0.4, -0.2) is 26.2 Å². The SMILES string of the molecule is Cc1nc(C(=O)O)c(C)nc1CO. The first-order valence-electron chi connectivity index (χ1n) is 3.74. The summed E-state index contributed by atoms with van der Waals surface area (Å²) in [5.41, 5.74) is 1.13. The van der Waals surface area contributed by atoms with Crippen molar-refractivity contribution in [3.05, 3.63) is 22.8 Å². The minimum atomic E-state index is -1.10. The van der Waals surface area contributed by atoms with Gasteiger partial charge in [0.15, 0.2) is 5.69 Å². The molecule has 1 heterocycles. The van der Waals surface area contributed by atoms with Crippen LogP contribution < -0.4 is 0 Å². The molecule has 0 amide bonds.